The van der Waals surface area contributed by atoms with Crippen molar-refractivity contribution >= 4 is 0 Å². The largest absolute Gasteiger partial charge is 0.308 e. The Kier molecular flexibility index (Phi) is 6.06. The molecule has 100 valence electrons. The van der Waals surface area contributed by atoms with E-state index in [9.17, 15) is 0 Å². The van der Waals surface area contributed by atoms with Crippen LogP contribution < -0.4 is 5.32 Å². The van der Waals surface area contributed by atoms with Crippen molar-refractivity contribution in [2.75, 3.05) is 6.54 Å². The molecule has 0 aliphatic carbocycles. The zero-order valence-electron chi connectivity index (χ0n) is 12.2. The lowest BCUT2D eigenvalue weighted by Crippen LogP contribution is -2.24. The highest BCUT2D eigenvalue weighted by Crippen LogP contribution is 2.23. The lowest BCUT2D eigenvalue weighted by Gasteiger charge is -2.21. The molecule has 1 rings (SSSR count). The number of aromatic nitrogens is 1. The SMILES string of the molecule is C=C(CC)CC(NCCC)c1ncc(C)cc1C. The average molecular weight is 246 g/mol. The van der Waals surface area contributed by atoms with Crippen molar-refractivity contribution in [1.29, 1.82) is 0 Å². The fourth-order valence-electron chi connectivity index (χ4n) is 2.11. The van der Waals surface area contributed by atoms with E-state index in [1.807, 2.05) is 6.20 Å². The number of nitrogens with one attached hydrogen (secondary N) is 1. The molecule has 0 aliphatic heterocycles. The zero-order valence-corrected chi connectivity index (χ0v) is 12.2. The van der Waals surface area contributed by atoms with Crippen LogP contribution in [0.15, 0.2) is 24.4 Å². The summed E-state index contributed by atoms with van der Waals surface area (Å²) in [5.41, 5.74) is 4.95. The van der Waals surface area contributed by atoms with E-state index in [4.69, 9.17) is 0 Å². The van der Waals surface area contributed by atoms with E-state index < -0.39 is 0 Å². The van der Waals surface area contributed by atoms with Gasteiger partial charge < -0.3 is 5.32 Å². The van der Waals surface area contributed by atoms with Crippen LogP contribution in [0.4, 0.5) is 0 Å². The predicted molar refractivity (Wildman–Crippen MR) is 78.8 cm³/mol. The summed E-state index contributed by atoms with van der Waals surface area (Å²) in [5, 5.41) is 3.59. The van der Waals surface area contributed by atoms with Gasteiger partial charge >= 0.3 is 0 Å². The zero-order chi connectivity index (χ0) is 13.5. The Hall–Kier alpha value is -1.15. The third-order valence-electron chi connectivity index (χ3n) is 3.22. The minimum Gasteiger partial charge on any atom is -0.308 e. The molecule has 18 heavy (non-hydrogen) atoms. The lowest BCUT2D eigenvalue weighted by molar-refractivity contribution is 0.510. The van der Waals surface area contributed by atoms with E-state index in [1.54, 1.807) is 0 Å². The molecule has 0 spiro atoms. The smallest absolute Gasteiger partial charge is 0.0605 e. The van der Waals surface area contributed by atoms with Gasteiger partial charge in [0.2, 0.25) is 0 Å². The molecule has 0 saturated carbocycles. The molecule has 0 aromatic carbocycles. The quantitative estimate of drug-likeness (QED) is 0.733. The van der Waals surface area contributed by atoms with Crippen LogP contribution in [0.5, 0.6) is 0 Å². The van der Waals surface area contributed by atoms with Crippen molar-refractivity contribution in [2.45, 2.75) is 53.0 Å². The molecule has 0 amide bonds. The first-order valence-corrected chi connectivity index (χ1v) is 6.91. The second kappa shape index (κ2) is 7.32. The molecule has 0 bridgehead atoms. The van der Waals surface area contributed by atoms with Gasteiger partial charge in [-0.3, -0.25) is 4.98 Å². The molecular weight excluding hydrogens is 220 g/mol. The molecular formula is C16H26N2. The van der Waals surface area contributed by atoms with E-state index in [-0.39, 0.29) is 0 Å². The maximum atomic E-state index is 4.61. The molecule has 0 radical (unpaired) electrons. The third-order valence-corrected chi connectivity index (χ3v) is 3.22. The van der Waals surface area contributed by atoms with Gasteiger partial charge in [-0.05, 0) is 50.8 Å². The van der Waals surface area contributed by atoms with Crippen LogP contribution in [-0.4, -0.2) is 11.5 Å². The van der Waals surface area contributed by atoms with Crippen LogP contribution in [0, 0.1) is 13.8 Å². The standard InChI is InChI=1S/C16H26N2/c1-6-8-17-15(10-12(3)7-2)16-14(5)9-13(4)11-18-16/h9,11,15,17H,3,6-8,10H2,1-2,4-5H3. The number of aryl methyl sites for hydroxylation is 2. The summed E-state index contributed by atoms with van der Waals surface area (Å²) in [6.45, 7) is 13.7. The van der Waals surface area contributed by atoms with Crippen LogP contribution in [0.25, 0.3) is 0 Å². The van der Waals surface area contributed by atoms with Gasteiger partial charge in [0.15, 0.2) is 0 Å². The van der Waals surface area contributed by atoms with Crippen LogP contribution >= 0.6 is 0 Å². The van der Waals surface area contributed by atoms with Crippen molar-refractivity contribution in [3.8, 4) is 0 Å². The number of rotatable bonds is 7. The van der Waals surface area contributed by atoms with E-state index in [2.05, 4.69) is 50.6 Å². The second-order valence-electron chi connectivity index (χ2n) is 5.03. The van der Waals surface area contributed by atoms with Crippen molar-refractivity contribution < 1.29 is 0 Å². The van der Waals surface area contributed by atoms with E-state index in [1.165, 1.54) is 22.4 Å². The van der Waals surface area contributed by atoms with Crippen LogP contribution in [-0.2, 0) is 0 Å². The van der Waals surface area contributed by atoms with Gasteiger partial charge in [-0.15, -0.1) is 0 Å². The first-order chi connectivity index (χ1) is 8.58. The first kappa shape index (κ1) is 14.9. The number of pyridine rings is 1. The van der Waals surface area contributed by atoms with Gasteiger partial charge in [0.05, 0.1) is 11.7 Å². The molecule has 0 fully saturated rings. The van der Waals surface area contributed by atoms with Gasteiger partial charge in [-0.1, -0.05) is 32.1 Å². The molecule has 0 saturated heterocycles. The Morgan fingerprint density at radius 3 is 2.67 bits per heavy atom. The van der Waals surface area contributed by atoms with Gasteiger partial charge in [0.25, 0.3) is 0 Å². The first-order valence-electron chi connectivity index (χ1n) is 6.91. The van der Waals surface area contributed by atoms with E-state index >= 15 is 0 Å². The Morgan fingerprint density at radius 2 is 2.11 bits per heavy atom. The minimum atomic E-state index is 0.304. The normalized spacial score (nSPS) is 12.4. The second-order valence-corrected chi connectivity index (χ2v) is 5.03. The summed E-state index contributed by atoms with van der Waals surface area (Å²) in [4.78, 5) is 4.61. The van der Waals surface area contributed by atoms with Gasteiger partial charge in [0, 0.05) is 6.20 Å². The summed E-state index contributed by atoms with van der Waals surface area (Å²) in [6, 6.07) is 2.51. The summed E-state index contributed by atoms with van der Waals surface area (Å²) >= 11 is 0. The summed E-state index contributed by atoms with van der Waals surface area (Å²) in [6.07, 6.45) is 5.11. The Morgan fingerprint density at radius 1 is 1.39 bits per heavy atom. The van der Waals surface area contributed by atoms with Crippen molar-refractivity contribution in [2.24, 2.45) is 0 Å². The molecule has 2 nitrogen and oxygen atoms in total. The van der Waals surface area contributed by atoms with Crippen LogP contribution in [0.3, 0.4) is 0 Å². The number of hydrogen-bond acceptors (Lipinski definition) is 2. The molecule has 1 heterocycles. The molecule has 1 unspecified atom stereocenters. The summed E-state index contributed by atoms with van der Waals surface area (Å²) < 4.78 is 0. The number of nitrogens with zero attached hydrogens (tertiary/aromatic N) is 1. The maximum absolute atomic E-state index is 4.61. The fraction of sp³-hybridized carbons (Fsp3) is 0.562. The van der Waals surface area contributed by atoms with E-state index in [0.717, 1.165) is 25.8 Å². The highest BCUT2D eigenvalue weighted by molar-refractivity contribution is 5.26. The van der Waals surface area contributed by atoms with Gasteiger partial charge in [0.1, 0.15) is 0 Å². The van der Waals surface area contributed by atoms with Crippen molar-refractivity contribution in [3.05, 3.63) is 41.2 Å². The lowest BCUT2D eigenvalue weighted by atomic mass is 9.98. The fourth-order valence-corrected chi connectivity index (χ4v) is 2.11. The predicted octanol–water partition coefficient (Wildman–Crippen LogP) is 4.10. The summed E-state index contributed by atoms with van der Waals surface area (Å²) in [7, 11) is 0. The highest BCUT2D eigenvalue weighted by atomic mass is 14.9. The molecule has 2 heteroatoms. The maximum Gasteiger partial charge on any atom is 0.0605 e. The Bertz CT molecular complexity index is 396. The van der Waals surface area contributed by atoms with Crippen LogP contribution in [0.2, 0.25) is 0 Å². The average Bonchev–Trinajstić information content (AvgIpc) is 2.34. The molecule has 0 aliphatic rings. The molecule has 1 aromatic rings. The van der Waals surface area contributed by atoms with Gasteiger partial charge in [-0.25, -0.2) is 0 Å². The summed E-state index contributed by atoms with van der Waals surface area (Å²) in [5.74, 6) is 0. The van der Waals surface area contributed by atoms with E-state index in [0.29, 0.717) is 6.04 Å². The monoisotopic (exact) mass is 246 g/mol. The van der Waals surface area contributed by atoms with Crippen molar-refractivity contribution in [1.82, 2.24) is 10.3 Å². The minimum absolute atomic E-state index is 0.304. The van der Waals surface area contributed by atoms with Crippen molar-refractivity contribution in [3.63, 3.8) is 0 Å². The molecule has 1 aromatic heterocycles. The Balaban J connectivity index is 2.89. The van der Waals surface area contributed by atoms with Crippen LogP contribution in [0.1, 0.15) is 56.0 Å². The molecule has 1 atom stereocenters. The number of hydrogen-bond donors (Lipinski definition) is 1. The Labute approximate surface area is 112 Å². The third kappa shape index (κ3) is 4.26. The topological polar surface area (TPSA) is 24.9 Å². The molecule has 1 N–H and O–H groups in total. The highest BCUT2D eigenvalue weighted by Gasteiger charge is 2.15. The van der Waals surface area contributed by atoms with Gasteiger partial charge in [-0.2, -0.15) is 0 Å².